The Morgan fingerprint density at radius 1 is 1.25 bits per heavy atom. The molecule has 0 radical (unpaired) electrons. The molecule has 16 heavy (non-hydrogen) atoms. The lowest BCUT2D eigenvalue weighted by atomic mass is 9.89. The summed E-state index contributed by atoms with van der Waals surface area (Å²) in [6.07, 6.45) is 3.67. The summed E-state index contributed by atoms with van der Waals surface area (Å²) in [6.45, 7) is 4.65. The number of benzene rings is 1. The van der Waals surface area contributed by atoms with Gasteiger partial charge in [0.25, 0.3) is 0 Å². The van der Waals surface area contributed by atoms with Crippen LogP contribution in [0.2, 0.25) is 0 Å². The van der Waals surface area contributed by atoms with Crippen molar-refractivity contribution in [2.24, 2.45) is 0 Å². The van der Waals surface area contributed by atoms with Gasteiger partial charge in [0.1, 0.15) is 0 Å². The Labute approximate surface area is 96.6 Å². The van der Waals surface area contributed by atoms with Crippen LogP contribution in [0.4, 0.5) is 0 Å². The summed E-state index contributed by atoms with van der Waals surface area (Å²) >= 11 is 0. The first-order chi connectivity index (χ1) is 7.90. The first-order valence-electron chi connectivity index (χ1n) is 6.23. The lowest BCUT2D eigenvalue weighted by molar-refractivity contribution is 0.0344. The normalized spacial score (nSPS) is 22.9. The van der Waals surface area contributed by atoms with E-state index in [-0.39, 0.29) is 0 Å². The third-order valence-corrected chi connectivity index (χ3v) is 3.61. The van der Waals surface area contributed by atoms with Gasteiger partial charge in [-0.05, 0) is 35.1 Å². The molecule has 0 fully saturated rings. The minimum atomic E-state index is 0.311. The third-order valence-electron chi connectivity index (χ3n) is 3.61. The van der Waals surface area contributed by atoms with Gasteiger partial charge in [-0.3, -0.25) is 0 Å². The molecule has 1 aromatic carbocycles. The molecule has 0 aliphatic carbocycles. The molecule has 1 atom stereocenters. The van der Waals surface area contributed by atoms with Gasteiger partial charge in [0.05, 0.1) is 25.9 Å². The zero-order chi connectivity index (χ0) is 11.0. The first-order valence-corrected chi connectivity index (χ1v) is 6.23. The van der Waals surface area contributed by atoms with Gasteiger partial charge < -0.3 is 9.47 Å². The van der Waals surface area contributed by atoms with Gasteiger partial charge in [0, 0.05) is 0 Å². The smallest absolute Gasteiger partial charge is 0.0831 e. The quantitative estimate of drug-likeness (QED) is 0.759. The minimum Gasteiger partial charge on any atom is -0.373 e. The molecule has 2 heteroatoms. The zero-order valence-electron chi connectivity index (χ0n) is 9.79. The van der Waals surface area contributed by atoms with E-state index in [1.807, 2.05) is 0 Å². The molecule has 1 aromatic rings. The van der Waals surface area contributed by atoms with Gasteiger partial charge in [-0.15, -0.1) is 0 Å². The highest BCUT2D eigenvalue weighted by Crippen LogP contribution is 2.37. The SMILES string of the molecule is CCC[C@H]1OCCc2ccc3c(c21)COC3. The van der Waals surface area contributed by atoms with E-state index < -0.39 is 0 Å². The predicted molar refractivity (Wildman–Crippen MR) is 62.2 cm³/mol. The molecule has 0 aromatic heterocycles. The third kappa shape index (κ3) is 1.57. The van der Waals surface area contributed by atoms with Gasteiger partial charge in [0.2, 0.25) is 0 Å². The van der Waals surface area contributed by atoms with E-state index in [4.69, 9.17) is 9.47 Å². The molecule has 0 bridgehead atoms. The highest BCUT2D eigenvalue weighted by molar-refractivity contribution is 5.44. The molecule has 2 aliphatic rings. The molecule has 0 amide bonds. The van der Waals surface area contributed by atoms with Crippen LogP contribution in [0.1, 0.15) is 48.1 Å². The Morgan fingerprint density at radius 2 is 2.12 bits per heavy atom. The summed E-state index contributed by atoms with van der Waals surface area (Å²) < 4.78 is 11.5. The van der Waals surface area contributed by atoms with E-state index in [1.54, 1.807) is 0 Å². The standard InChI is InChI=1S/C14H18O2/c1-2-3-13-14-10(6-7-16-13)4-5-11-8-15-9-12(11)14/h4-5,13H,2-3,6-9H2,1H3/t13-/m1/s1. The van der Waals surface area contributed by atoms with Gasteiger partial charge in [-0.2, -0.15) is 0 Å². The summed E-state index contributed by atoms with van der Waals surface area (Å²) in [5.41, 5.74) is 5.71. The molecule has 3 rings (SSSR count). The molecule has 0 saturated carbocycles. The van der Waals surface area contributed by atoms with E-state index in [0.29, 0.717) is 6.10 Å². The molecule has 0 N–H and O–H groups in total. The van der Waals surface area contributed by atoms with E-state index in [9.17, 15) is 0 Å². The second-order valence-electron chi connectivity index (χ2n) is 4.67. The lowest BCUT2D eigenvalue weighted by Crippen LogP contribution is -2.18. The first kappa shape index (κ1) is 10.3. The van der Waals surface area contributed by atoms with Crippen LogP contribution >= 0.6 is 0 Å². The fourth-order valence-corrected chi connectivity index (χ4v) is 2.83. The molecule has 0 spiro atoms. The fraction of sp³-hybridized carbons (Fsp3) is 0.571. The molecular formula is C14H18O2. The summed E-state index contributed by atoms with van der Waals surface area (Å²) in [6, 6.07) is 4.50. The van der Waals surface area contributed by atoms with Crippen LogP contribution in [0.25, 0.3) is 0 Å². The van der Waals surface area contributed by atoms with E-state index in [1.165, 1.54) is 28.7 Å². The summed E-state index contributed by atoms with van der Waals surface area (Å²) in [4.78, 5) is 0. The van der Waals surface area contributed by atoms with Crippen molar-refractivity contribution in [3.8, 4) is 0 Å². The average molecular weight is 218 g/mol. The second-order valence-corrected chi connectivity index (χ2v) is 4.67. The predicted octanol–water partition coefficient (Wildman–Crippen LogP) is 3.13. The Bertz CT molecular complexity index is 398. The Kier molecular flexibility index (Phi) is 2.70. The second kappa shape index (κ2) is 4.19. The van der Waals surface area contributed by atoms with Gasteiger partial charge >= 0.3 is 0 Å². The van der Waals surface area contributed by atoms with E-state index in [2.05, 4.69) is 19.1 Å². The van der Waals surface area contributed by atoms with Crippen LogP contribution in [0, 0.1) is 0 Å². The molecular weight excluding hydrogens is 200 g/mol. The highest BCUT2D eigenvalue weighted by atomic mass is 16.5. The van der Waals surface area contributed by atoms with Crippen LogP contribution in [-0.4, -0.2) is 6.61 Å². The van der Waals surface area contributed by atoms with E-state index in [0.717, 1.165) is 32.7 Å². The largest absolute Gasteiger partial charge is 0.373 e. The van der Waals surface area contributed by atoms with Gasteiger partial charge in [-0.1, -0.05) is 25.5 Å². The minimum absolute atomic E-state index is 0.311. The molecule has 0 unspecified atom stereocenters. The molecule has 0 saturated heterocycles. The number of fused-ring (bicyclic) bond motifs is 3. The van der Waals surface area contributed by atoms with Crippen molar-refractivity contribution in [3.05, 3.63) is 34.4 Å². The number of hydrogen-bond acceptors (Lipinski definition) is 2. The maximum Gasteiger partial charge on any atom is 0.0831 e. The van der Waals surface area contributed by atoms with Crippen molar-refractivity contribution in [2.45, 2.75) is 45.5 Å². The monoisotopic (exact) mass is 218 g/mol. The van der Waals surface area contributed by atoms with Crippen LogP contribution in [-0.2, 0) is 29.1 Å². The van der Waals surface area contributed by atoms with Crippen molar-refractivity contribution in [1.82, 2.24) is 0 Å². The van der Waals surface area contributed by atoms with Crippen molar-refractivity contribution in [2.75, 3.05) is 6.61 Å². The maximum atomic E-state index is 5.91. The Balaban J connectivity index is 2.06. The van der Waals surface area contributed by atoms with Crippen LogP contribution < -0.4 is 0 Å². The molecule has 2 nitrogen and oxygen atoms in total. The summed E-state index contributed by atoms with van der Waals surface area (Å²) in [5.74, 6) is 0. The van der Waals surface area contributed by atoms with Crippen molar-refractivity contribution in [1.29, 1.82) is 0 Å². The van der Waals surface area contributed by atoms with Crippen molar-refractivity contribution >= 4 is 0 Å². The van der Waals surface area contributed by atoms with Gasteiger partial charge in [0.15, 0.2) is 0 Å². The van der Waals surface area contributed by atoms with Crippen LogP contribution in [0.5, 0.6) is 0 Å². The van der Waals surface area contributed by atoms with Gasteiger partial charge in [-0.25, -0.2) is 0 Å². The van der Waals surface area contributed by atoms with E-state index >= 15 is 0 Å². The molecule has 2 heterocycles. The van der Waals surface area contributed by atoms with Crippen LogP contribution in [0.15, 0.2) is 12.1 Å². The molecule has 86 valence electrons. The maximum absolute atomic E-state index is 5.91. The Hall–Kier alpha value is -0.860. The van der Waals surface area contributed by atoms with Crippen molar-refractivity contribution < 1.29 is 9.47 Å². The molecule has 2 aliphatic heterocycles. The number of rotatable bonds is 2. The average Bonchev–Trinajstić information content (AvgIpc) is 2.77. The summed E-state index contributed by atoms with van der Waals surface area (Å²) in [5, 5.41) is 0. The topological polar surface area (TPSA) is 18.5 Å². The Morgan fingerprint density at radius 3 is 3.00 bits per heavy atom. The number of hydrogen-bond donors (Lipinski definition) is 0. The van der Waals surface area contributed by atoms with Crippen LogP contribution in [0.3, 0.4) is 0 Å². The lowest BCUT2D eigenvalue weighted by Gasteiger charge is -2.28. The fourth-order valence-electron chi connectivity index (χ4n) is 2.83. The number of ether oxygens (including phenoxy) is 2. The van der Waals surface area contributed by atoms with Crippen molar-refractivity contribution in [3.63, 3.8) is 0 Å². The summed E-state index contributed by atoms with van der Waals surface area (Å²) in [7, 11) is 0. The zero-order valence-corrected chi connectivity index (χ0v) is 9.79. The highest BCUT2D eigenvalue weighted by Gasteiger charge is 2.27.